The number of hydrogen-bond donors (Lipinski definition) is 2. The van der Waals surface area contributed by atoms with Gasteiger partial charge in [0.15, 0.2) is 12.4 Å². The van der Waals surface area contributed by atoms with Gasteiger partial charge in [-0.2, -0.15) is 0 Å². The van der Waals surface area contributed by atoms with Crippen LogP contribution in [0.4, 0.5) is 17.1 Å². The van der Waals surface area contributed by atoms with Gasteiger partial charge in [-0.15, -0.1) is 0 Å². The van der Waals surface area contributed by atoms with Crippen molar-refractivity contribution in [2.75, 3.05) is 16.6 Å². The lowest BCUT2D eigenvalue weighted by Gasteiger charge is -2.13. The summed E-state index contributed by atoms with van der Waals surface area (Å²) < 4.78 is 33.3. The normalized spacial score (nSPS) is 10.9. The minimum absolute atomic E-state index is 0.0216. The van der Waals surface area contributed by atoms with Gasteiger partial charge in [0.2, 0.25) is 0 Å². The highest BCUT2D eigenvalue weighted by Gasteiger charge is 2.17. The van der Waals surface area contributed by atoms with Gasteiger partial charge in [0.1, 0.15) is 0 Å². The number of sulfonamides is 1. The second kappa shape index (κ2) is 9.48. The standard InChI is InChI=1S/C22H21N3O6S/c1-15-6-5-7-16(2)22(15)24-32(29,30)18-12-10-17(11-13-18)23-21(26)14-31-20-9-4-3-8-19(20)25(27)28/h3-13,24H,14H2,1-2H3,(H,23,26). The number of carbonyl (C=O) groups excluding carboxylic acids is 1. The molecule has 32 heavy (non-hydrogen) atoms. The van der Waals surface area contributed by atoms with E-state index in [4.69, 9.17) is 4.74 Å². The van der Waals surface area contributed by atoms with Gasteiger partial charge in [-0.1, -0.05) is 30.3 Å². The maximum Gasteiger partial charge on any atom is 0.310 e. The van der Waals surface area contributed by atoms with Crippen LogP contribution in [0.5, 0.6) is 5.75 Å². The van der Waals surface area contributed by atoms with E-state index in [1.165, 1.54) is 42.5 Å². The number of amides is 1. The van der Waals surface area contributed by atoms with E-state index in [2.05, 4.69) is 10.0 Å². The first-order valence-electron chi connectivity index (χ1n) is 9.52. The van der Waals surface area contributed by atoms with E-state index in [1.54, 1.807) is 6.07 Å². The van der Waals surface area contributed by atoms with E-state index in [1.807, 2.05) is 32.0 Å². The maximum atomic E-state index is 12.7. The van der Waals surface area contributed by atoms with Crippen LogP contribution < -0.4 is 14.8 Å². The summed E-state index contributed by atoms with van der Waals surface area (Å²) in [5.41, 5.74) is 2.24. The van der Waals surface area contributed by atoms with Crippen molar-refractivity contribution in [1.29, 1.82) is 0 Å². The van der Waals surface area contributed by atoms with Crippen molar-refractivity contribution in [3.8, 4) is 5.75 Å². The number of nitro benzene ring substituents is 1. The van der Waals surface area contributed by atoms with Gasteiger partial charge < -0.3 is 10.1 Å². The lowest BCUT2D eigenvalue weighted by Crippen LogP contribution is -2.20. The average Bonchev–Trinajstić information content (AvgIpc) is 2.75. The Bertz CT molecular complexity index is 1240. The third-order valence-electron chi connectivity index (χ3n) is 4.59. The molecule has 0 aliphatic rings. The quantitative estimate of drug-likeness (QED) is 0.390. The molecule has 0 saturated heterocycles. The summed E-state index contributed by atoms with van der Waals surface area (Å²) >= 11 is 0. The molecule has 1 amide bonds. The van der Waals surface area contributed by atoms with E-state index in [0.29, 0.717) is 11.4 Å². The average molecular weight is 455 g/mol. The topological polar surface area (TPSA) is 128 Å². The van der Waals surface area contributed by atoms with E-state index < -0.39 is 27.5 Å². The van der Waals surface area contributed by atoms with Gasteiger partial charge in [0.25, 0.3) is 15.9 Å². The van der Waals surface area contributed by atoms with E-state index in [-0.39, 0.29) is 16.3 Å². The smallest absolute Gasteiger partial charge is 0.310 e. The number of hydrogen-bond acceptors (Lipinski definition) is 6. The highest BCUT2D eigenvalue weighted by atomic mass is 32.2. The molecule has 0 unspecified atom stereocenters. The Morgan fingerprint density at radius 1 is 0.969 bits per heavy atom. The number of ether oxygens (including phenoxy) is 1. The van der Waals surface area contributed by atoms with E-state index in [9.17, 15) is 23.3 Å². The maximum absolute atomic E-state index is 12.7. The number of carbonyl (C=O) groups is 1. The largest absolute Gasteiger partial charge is 0.477 e. The molecule has 0 saturated carbocycles. The fourth-order valence-corrected chi connectivity index (χ4v) is 4.16. The van der Waals surface area contributed by atoms with Crippen molar-refractivity contribution < 1.29 is 22.9 Å². The zero-order chi connectivity index (χ0) is 23.3. The van der Waals surface area contributed by atoms with Crippen LogP contribution in [0.15, 0.2) is 71.6 Å². The van der Waals surface area contributed by atoms with Gasteiger partial charge in [-0.05, 0) is 55.3 Å². The minimum atomic E-state index is -3.81. The number of para-hydroxylation sites is 3. The molecular formula is C22H21N3O6S. The van der Waals surface area contributed by atoms with Gasteiger partial charge in [-0.25, -0.2) is 8.42 Å². The van der Waals surface area contributed by atoms with Gasteiger partial charge in [-0.3, -0.25) is 19.6 Å². The third kappa shape index (κ3) is 5.41. The molecule has 0 aliphatic carbocycles. The highest BCUT2D eigenvalue weighted by Crippen LogP contribution is 2.26. The predicted octanol–water partition coefficient (Wildman–Crippen LogP) is 4.03. The Hall–Kier alpha value is -3.92. The first-order valence-corrected chi connectivity index (χ1v) is 11.0. The van der Waals surface area contributed by atoms with Gasteiger partial charge in [0.05, 0.1) is 15.5 Å². The highest BCUT2D eigenvalue weighted by molar-refractivity contribution is 7.92. The minimum Gasteiger partial charge on any atom is -0.477 e. The first-order chi connectivity index (χ1) is 15.2. The summed E-state index contributed by atoms with van der Waals surface area (Å²) in [5, 5.41) is 13.6. The van der Waals surface area contributed by atoms with Crippen molar-refractivity contribution in [2.45, 2.75) is 18.7 Å². The second-order valence-corrected chi connectivity index (χ2v) is 8.64. The zero-order valence-corrected chi connectivity index (χ0v) is 18.2. The fraction of sp³-hybridized carbons (Fsp3) is 0.136. The van der Waals surface area contributed by atoms with E-state index in [0.717, 1.165) is 11.1 Å². The number of anilines is 2. The van der Waals surface area contributed by atoms with Crippen LogP contribution >= 0.6 is 0 Å². The Kier molecular flexibility index (Phi) is 6.74. The predicted molar refractivity (Wildman–Crippen MR) is 120 cm³/mol. The number of aryl methyl sites for hydroxylation is 2. The molecule has 0 aromatic heterocycles. The molecule has 0 fully saturated rings. The number of nitrogens with zero attached hydrogens (tertiary/aromatic N) is 1. The van der Waals surface area contributed by atoms with Crippen molar-refractivity contribution in [1.82, 2.24) is 0 Å². The molecule has 10 heteroatoms. The number of rotatable bonds is 8. The first kappa shape index (κ1) is 22.8. The molecule has 2 N–H and O–H groups in total. The van der Waals surface area contributed by atoms with Crippen LogP contribution in [0.25, 0.3) is 0 Å². The SMILES string of the molecule is Cc1cccc(C)c1NS(=O)(=O)c1ccc(NC(=O)COc2ccccc2[N+](=O)[O-])cc1. The van der Waals surface area contributed by atoms with Crippen LogP contribution in [-0.2, 0) is 14.8 Å². The molecule has 0 radical (unpaired) electrons. The van der Waals surface area contributed by atoms with Gasteiger partial charge in [0, 0.05) is 11.8 Å². The summed E-state index contributed by atoms with van der Waals surface area (Å²) in [6.45, 7) is 3.18. The molecule has 3 aromatic rings. The summed E-state index contributed by atoms with van der Waals surface area (Å²) in [5.74, 6) is -0.570. The van der Waals surface area contributed by atoms with Crippen LogP contribution in [0.1, 0.15) is 11.1 Å². The van der Waals surface area contributed by atoms with Crippen molar-refractivity contribution in [3.05, 3.63) is 88.0 Å². The molecule has 3 rings (SSSR count). The van der Waals surface area contributed by atoms with Crippen LogP contribution in [0.3, 0.4) is 0 Å². The zero-order valence-electron chi connectivity index (χ0n) is 17.4. The molecule has 0 heterocycles. The number of benzene rings is 3. The molecule has 9 nitrogen and oxygen atoms in total. The van der Waals surface area contributed by atoms with Crippen molar-refractivity contribution >= 4 is 33.0 Å². The van der Waals surface area contributed by atoms with Crippen LogP contribution in [0, 0.1) is 24.0 Å². The van der Waals surface area contributed by atoms with Crippen LogP contribution in [-0.4, -0.2) is 25.9 Å². The second-order valence-electron chi connectivity index (χ2n) is 6.96. The number of nitrogens with one attached hydrogen (secondary N) is 2. The Morgan fingerprint density at radius 2 is 1.59 bits per heavy atom. The van der Waals surface area contributed by atoms with Crippen molar-refractivity contribution in [3.63, 3.8) is 0 Å². The summed E-state index contributed by atoms with van der Waals surface area (Å²) in [6.07, 6.45) is 0. The Labute approximate surface area is 185 Å². The molecule has 0 bridgehead atoms. The molecule has 0 spiro atoms. The summed E-state index contributed by atoms with van der Waals surface area (Å²) in [6, 6.07) is 16.8. The Morgan fingerprint density at radius 3 is 2.22 bits per heavy atom. The summed E-state index contributed by atoms with van der Waals surface area (Å²) in [4.78, 5) is 22.6. The molecule has 166 valence electrons. The summed E-state index contributed by atoms with van der Waals surface area (Å²) in [7, 11) is -3.81. The third-order valence-corrected chi connectivity index (χ3v) is 5.95. The lowest BCUT2D eigenvalue weighted by atomic mass is 10.1. The molecule has 3 aromatic carbocycles. The van der Waals surface area contributed by atoms with Crippen molar-refractivity contribution in [2.24, 2.45) is 0 Å². The Balaban J connectivity index is 1.64. The lowest BCUT2D eigenvalue weighted by molar-refractivity contribution is -0.385. The van der Waals surface area contributed by atoms with E-state index >= 15 is 0 Å². The molecule has 0 atom stereocenters. The fourth-order valence-electron chi connectivity index (χ4n) is 2.96. The number of nitro groups is 1. The van der Waals surface area contributed by atoms with Crippen LogP contribution in [0.2, 0.25) is 0 Å². The molecular weight excluding hydrogens is 434 g/mol. The van der Waals surface area contributed by atoms with Gasteiger partial charge >= 0.3 is 5.69 Å². The monoisotopic (exact) mass is 455 g/mol. The molecule has 0 aliphatic heterocycles.